The number of nitrogens with zero attached hydrogens (tertiary/aromatic N) is 3. The lowest BCUT2D eigenvalue weighted by molar-refractivity contribution is -0.125. The first kappa shape index (κ1) is 28.6. The molecule has 36 heavy (non-hydrogen) atoms. The van der Waals surface area contributed by atoms with Crippen LogP contribution in [0.25, 0.3) is 6.08 Å². The van der Waals surface area contributed by atoms with Crippen LogP contribution < -0.4 is 5.32 Å². The summed E-state index contributed by atoms with van der Waals surface area (Å²) in [6, 6.07) is 7.39. The predicted octanol–water partition coefficient (Wildman–Crippen LogP) is 4.97. The quantitative estimate of drug-likeness (QED) is 0.393. The number of rotatable bonds is 13. The summed E-state index contributed by atoms with van der Waals surface area (Å²) in [5.41, 5.74) is 3.81. The summed E-state index contributed by atoms with van der Waals surface area (Å²) >= 11 is 0. The normalized spacial score (nSPS) is 20.8. The van der Waals surface area contributed by atoms with E-state index in [1.165, 1.54) is 75.8 Å². The molecule has 0 spiro atoms. The van der Waals surface area contributed by atoms with Crippen molar-refractivity contribution in [1.82, 2.24) is 20.0 Å². The van der Waals surface area contributed by atoms with Crippen molar-refractivity contribution in [2.75, 3.05) is 47.3 Å². The average Bonchev–Trinajstić information content (AvgIpc) is 2.89. The Morgan fingerprint density at radius 1 is 1.19 bits per heavy atom. The topological polar surface area (TPSA) is 38.8 Å². The van der Waals surface area contributed by atoms with Gasteiger partial charge in [-0.2, -0.15) is 0 Å². The first-order valence-corrected chi connectivity index (χ1v) is 14.1. The molecule has 1 N–H and O–H groups in total. The van der Waals surface area contributed by atoms with Crippen LogP contribution >= 0.6 is 0 Å². The number of nitrogens with one attached hydrogen (secondary N) is 1. The Labute approximate surface area is 220 Å². The number of likely N-dealkylation sites (tertiary alicyclic amines) is 2. The molecule has 2 unspecified atom stereocenters. The van der Waals surface area contributed by atoms with Crippen molar-refractivity contribution in [1.29, 1.82) is 0 Å². The van der Waals surface area contributed by atoms with E-state index in [9.17, 15) is 4.79 Å². The lowest BCUT2D eigenvalue weighted by Crippen LogP contribution is -2.44. The minimum absolute atomic E-state index is 0.0673. The summed E-state index contributed by atoms with van der Waals surface area (Å²) in [6.45, 7) is 13.7. The van der Waals surface area contributed by atoms with Crippen molar-refractivity contribution < 1.29 is 4.79 Å². The lowest BCUT2D eigenvalue weighted by Gasteiger charge is -2.40. The number of amides is 1. The third kappa shape index (κ3) is 8.29. The van der Waals surface area contributed by atoms with E-state index < -0.39 is 0 Å². The van der Waals surface area contributed by atoms with Crippen molar-refractivity contribution in [2.45, 2.75) is 76.4 Å². The molecule has 0 saturated carbocycles. The summed E-state index contributed by atoms with van der Waals surface area (Å²) in [6.07, 6.45) is 14.5. The number of hydrogen-bond donors (Lipinski definition) is 1. The monoisotopic (exact) mass is 494 g/mol. The van der Waals surface area contributed by atoms with Gasteiger partial charge in [0.15, 0.2) is 0 Å². The molecule has 2 saturated heterocycles. The number of piperidine rings is 2. The second kappa shape index (κ2) is 14.7. The summed E-state index contributed by atoms with van der Waals surface area (Å²) in [5, 5.41) is 2.83. The zero-order valence-electron chi connectivity index (χ0n) is 23.2. The SMILES string of the molecule is C=CCCC(C(=O)NC)N(C)Cc1cc(CCC2CCCCN2CC2CCN(C)CC2)ccc1C=C. The molecule has 2 heterocycles. The van der Waals surface area contributed by atoms with Crippen LogP contribution in [0.3, 0.4) is 0 Å². The molecule has 1 amide bonds. The van der Waals surface area contributed by atoms with Crippen LogP contribution in [0.2, 0.25) is 0 Å². The number of benzene rings is 1. The highest BCUT2D eigenvalue weighted by Crippen LogP contribution is 2.26. The van der Waals surface area contributed by atoms with Gasteiger partial charge in [-0.25, -0.2) is 0 Å². The Kier molecular flexibility index (Phi) is 11.7. The van der Waals surface area contributed by atoms with E-state index in [1.54, 1.807) is 7.05 Å². The van der Waals surface area contributed by atoms with Gasteiger partial charge in [0.05, 0.1) is 6.04 Å². The second-order valence-corrected chi connectivity index (χ2v) is 11.1. The van der Waals surface area contributed by atoms with Gasteiger partial charge in [-0.15, -0.1) is 6.58 Å². The highest BCUT2D eigenvalue weighted by atomic mass is 16.2. The van der Waals surface area contributed by atoms with Crippen LogP contribution in [0.4, 0.5) is 0 Å². The number of carbonyl (C=O) groups excluding carboxylic acids is 1. The highest BCUT2D eigenvalue weighted by Gasteiger charge is 2.27. The lowest BCUT2D eigenvalue weighted by atomic mass is 9.91. The predicted molar refractivity (Wildman–Crippen MR) is 153 cm³/mol. The molecule has 2 fully saturated rings. The van der Waals surface area contributed by atoms with Gasteiger partial charge in [0.25, 0.3) is 0 Å². The van der Waals surface area contributed by atoms with E-state index in [-0.39, 0.29) is 11.9 Å². The molecule has 2 aliphatic rings. The maximum absolute atomic E-state index is 12.5. The molecule has 0 bridgehead atoms. The maximum Gasteiger partial charge on any atom is 0.237 e. The third-order valence-corrected chi connectivity index (χ3v) is 8.42. The molecular formula is C31H50N4O. The van der Waals surface area contributed by atoms with Gasteiger partial charge in [0, 0.05) is 26.2 Å². The molecule has 1 aromatic carbocycles. The van der Waals surface area contributed by atoms with E-state index in [0.29, 0.717) is 6.04 Å². The number of likely N-dealkylation sites (N-methyl/N-ethyl adjacent to an activating group) is 2. The van der Waals surface area contributed by atoms with Crippen LogP contribution in [0.1, 0.15) is 68.1 Å². The Morgan fingerprint density at radius 2 is 1.97 bits per heavy atom. The molecule has 5 nitrogen and oxygen atoms in total. The zero-order valence-corrected chi connectivity index (χ0v) is 23.2. The molecule has 1 aromatic rings. The molecule has 5 heteroatoms. The van der Waals surface area contributed by atoms with Crippen LogP contribution in [-0.2, 0) is 17.8 Å². The van der Waals surface area contributed by atoms with Crippen LogP contribution in [0.5, 0.6) is 0 Å². The van der Waals surface area contributed by atoms with Crippen LogP contribution in [0.15, 0.2) is 37.4 Å². The van der Waals surface area contributed by atoms with Crippen molar-refractivity contribution in [2.24, 2.45) is 5.92 Å². The fraction of sp³-hybridized carbons (Fsp3) is 0.645. The highest BCUT2D eigenvalue weighted by molar-refractivity contribution is 5.81. The molecule has 0 aliphatic carbocycles. The Hall–Kier alpha value is -1.95. The molecule has 2 aliphatic heterocycles. The van der Waals surface area contributed by atoms with E-state index >= 15 is 0 Å². The van der Waals surface area contributed by atoms with Crippen molar-refractivity contribution in [3.8, 4) is 0 Å². The summed E-state index contributed by atoms with van der Waals surface area (Å²) in [5.74, 6) is 0.933. The second-order valence-electron chi connectivity index (χ2n) is 11.1. The Balaban J connectivity index is 1.63. The molecule has 0 aromatic heterocycles. The first-order chi connectivity index (χ1) is 17.4. The smallest absolute Gasteiger partial charge is 0.237 e. The standard InChI is InChI=1S/C31H50N4O/c1-6-8-12-30(31(36)32-3)34(5)24-28-22-25(13-15-27(28)7-2)14-16-29-11-9-10-19-35(29)23-26-17-20-33(4)21-18-26/h6-7,13,15,22,26,29-30H,1-2,8-12,14,16-21,23-24H2,3-5H3,(H,32,36). The van der Waals surface area contributed by atoms with Crippen molar-refractivity contribution >= 4 is 12.0 Å². The van der Waals surface area contributed by atoms with Gasteiger partial charge in [-0.1, -0.05) is 43.4 Å². The van der Waals surface area contributed by atoms with Crippen LogP contribution in [-0.4, -0.2) is 80.0 Å². The Bertz CT molecular complexity index is 845. The van der Waals surface area contributed by atoms with E-state index in [0.717, 1.165) is 37.3 Å². The average molecular weight is 495 g/mol. The van der Waals surface area contributed by atoms with Crippen LogP contribution in [0, 0.1) is 5.92 Å². The number of carbonyl (C=O) groups is 1. The van der Waals surface area contributed by atoms with Gasteiger partial charge in [-0.3, -0.25) is 9.69 Å². The maximum atomic E-state index is 12.5. The van der Waals surface area contributed by atoms with Crippen molar-refractivity contribution in [3.63, 3.8) is 0 Å². The number of hydrogen-bond acceptors (Lipinski definition) is 4. The molecule has 2 atom stereocenters. The first-order valence-electron chi connectivity index (χ1n) is 14.1. The third-order valence-electron chi connectivity index (χ3n) is 8.42. The minimum Gasteiger partial charge on any atom is -0.358 e. The number of aryl methyl sites for hydroxylation is 1. The van der Waals surface area contributed by atoms with E-state index in [4.69, 9.17) is 0 Å². The zero-order chi connectivity index (χ0) is 25.9. The molecule has 200 valence electrons. The number of allylic oxidation sites excluding steroid dienone is 1. The van der Waals surface area contributed by atoms with E-state index in [1.807, 2.05) is 19.2 Å². The summed E-state index contributed by atoms with van der Waals surface area (Å²) in [7, 11) is 6.02. The largest absolute Gasteiger partial charge is 0.358 e. The van der Waals surface area contributed by atoms with E-state index in [2.05, 4.69) is 58.4 Å². The summed E-state index contributed by atoms with van der Waals surface area (Å²) < 4.78 is 0. The minimum atomic E-state index is -0.162. The van der Waals surface area contributed by atoms with Gasteiger partial charge in [-0.05, 0) is 108 Å². The van der Waals surface area contributed by atoms with Gasteiger partial charge in [0.2, 0.25) is 5.91 Å². The summed E-state index contributed by atoms with van der Waals surface area (Å²) in [4.78, 5) is 20.0. The molecular weight excluding hydrogens is 444 g/mol. The van der Waals surface area contributed by atoms with Gasteiger partial charge >= 0.3 is 0 Å². The Morgan fingerprint density at radius 3 is 2.67 bits per heavy atom. The van der Waals surface area contributed by atoms with Crippen molar-refractivity contribution in [3.05, 3.63) is 54.1 Å². The molecule has 0 radical (unpaired) electrons. The fourth-order valence-electron chi connectivity index (χ4n) is 6.06. The fourth-order valence-corrected chi connectivity index (χ4v) is 6.06. The van der Waals surface area contributed by atoms with Gasteiger partial charge < -0.3 is 15.1 Å². The molecule has 3 rings (SSSR count). The van der Waals surface area contributed by atoms with Gasteiger partial charge in [0.1, 0.15) is 0 Å².